The van der Waals surface area contributed by atoms with Crippen molar-refractivity contribution in [2.24, 2.45) is 28.6 Å². The van der Waals surface area contributed by atoms with Gasteiger partial charge in [0, 0.05) is 24.8 Å². The summed E-state index contributed by atoms with van der Waals surface area (Å²) in [6, 6.07) is -0.766. The Morgan fingerprint density at radius 1 is 1.03 bits per heavy atom. The van der Waals surface area contributed by atoms with Crippen LogP contribution < -0.4 is 0 Å². The predicted octanol–water partition coefficient (Wildman–Crippen LogP) is 4.29. The number of carboxylic acids is 1. The molecule has 0 aromatic heterocycles. The van der Waals surface area contributed by atoms with Gasteiger partial charge in [-0.2, -0.15) is 0 Å². The lowest BCUT2D eigenvalue weighted by Gasteiger charge is -2.57. The molecule has 0 unspecified atom stereocenters. The number of carbonyl (C=O) groups is 4. The summed E-state index contributed by atoms with van der Waals surface area (Å²) >= 11 is 0. The first-order chi connectivity index (χ1) is 16.6. The van der Waals surface area contributed by atoms with Gasteiger partial charge in [-0.1, -0.05) is 19.4 Å². The number of nitrogens with zero attached hydrogens (tertiary/aromatic N) is 1. The molecule has 1 N–H and O–H groups in total. The zero-order valence-corrected chi connectivity index (χ0v) is 21.1. The molecular formula is C28H39NO6. The molecule has 1 aliphatic heterocycles. The number of ether oxygens (including phenoxy) is 1. The van der Waals surface area contributed by atoms with Gasteiger partial charge in [0.15, 0.2) is 5.78 Å². The number of carbonyl (C=O) groups excluding carboxylic acids is 3. The molecule has 4 fully saturated rings. The van der Waals surface area contributed by atoms with E-state index in [0.717, 1.165) is 44.9 Å². The van der Waals surface area contributed by atoms with E-state index in [1.165, 1.54) is 10.5 Å². The topological polar surface area (TPSA) is 101 Å². The van der Waals surface area contributed by atoms with Gasteiger partial charge < -0.3 is 14.7 Å². The number of esters is 1. The number of amides is 1. The van der Waals surface area contributed by atoms with Crippen LogP contribution in [0.3, 0.4) is 0 Å². The summed E-state index contributed by atoms with van der Waals surface area (Å²) in [6.07, 6.45) is 10.8. The fourth-order valence-electron chi connectivity index (χ4n) is 8.60. The van der Waals surface area contributed by atoms with Crippen molar-refractivity contribution in [1.29, 1.82) is 0 Å². The second-order valence-corrected chi connectivity index (χ2v) is 12.2. The van der Waals surface area contributed by atoms with Crippen LogP contribution in [0.1, 0.15) is 90.9 Å². The van der Waals surface area contributed by atoms with Gasteiger partial charge in [0.25, 0.3) is 0 Å². The number of fused-ring (bicyclic) bond motifs is 5. The standard InChI is InChI=1S/C28H39NO6/c1-27-13-11-18(30)16-17(27)5-6-19-20-7-8-23(28(20,2)14-12-21(19)27)35-25(32)10-9-24(31)29-15-3-4-22(29)26(33)34/h16,19-23H,3-15H2,1-2H3,(H,33,34)/t19-,20+,21-,22-,23-,27+,28+/m1/s1. The lowest BCUT2D eigenvalue weighted by molar-refractivity contribution is -0.161. The number of rotatable bonds is 5. The van der Waals surface area contributed by atoms with Crippen LogP contribution in [0.5, 0.6) is 0 Å². The first-order valence-electron chi connectivity index (χ1n) is 13.6. The van der Waals surface area contributed by atoms with Crippen LogP contribution in [0.25, 0.3) is 0 Å². The second-order valence-electron chi connectivity index (χ2n) is 12.2. The zero-order chi connectivity index (χ0) is 25.0. The monoisotopic (exact) mass is 485 g/mol. The van der Waals surface area contributed by atoms with Gasteiger partial charge >= 0.3 is 11.9 Å². The Hall–Kier alpha value is -2.18. The molecule has 0 spiro atoms. The maximum Gasteiger partial charge on any atom is 0.326 e. The van der Waals surface area contributed by atoms with Gasteiger partial charge in [-0.25, -0.2) is 4.79 Å². The van der Waals surface area contributed by atoms with Crippen molar-refractivity contribution >= 4 is 23.6 Å². The number of hydrogen-bond acceptors (Lipinski definition) is 5. The predicted molar refractivity (Wildman–Crippen MR) is 128 cm³/mol. The van der Waals surface area contributed by atoms with Crippen LogP contribution >= 0.6 is 0 Å². The normalized spacial score (nSPS) is 40.4. The molecule has 7 heteroatoms. The Labute approximate surface area is 207 Å². The molecule has 1 saturated heterocycles. The van der Waals surface area contributed by atoms with Gasteiger partial charge in [0.2, 0.25) is 5.91 Å². The van der Waals surface area contributed by atoms with E-state index in [1.807, 2.05) is 6.08 Å². The number of allylic oxidation sites excluding steroid dienone is 1. The molecular weight excluding hydrogens is 446 g/mol. The van der Waals surface area contributed by atoms with Crippen LogP contribution in [0.15, 0.2) is 11.6 Å². The minimum atomic E-state index is -0.974. The molecule has 4 aliphatic carbocycles. The van der Waals surface area contributed by atoms with E-state index < -0.39 is 12.0 Å². The Kier molecular flexibility index (Phi) is 6.33. The first kappa shape index (κ1) is 24.5. The molecule has 5 rings (SSSR count). The smallest absolute Gasteiger partial charge is 0.326 e. The minimum Gasteiger partial charge on any atom is -0.480 e. The minimum absolute atomic E-state index is 0.00519. The van der Waals surface area contributed by atoms with E-state index >= 15 is 0 Å². The van der Waals surface area contributed by atoms with Crippen LogP contribution in [0.2, 0.25) is 0 Å². The number of likely N-dealkylation sites (tertiary alicyclic amines) is 1. The van der Waals surface area contributed by atoms with Gasteiger partial charge in [-0.05, 0) is 87.0 Å². The molecule has 35 heavy (non-hydrogen) atoms. The van der Waals surface area contributed by atoms with E-state index in [0.29, 0.717) is 43.6 Å². The number of carboxylic acid groups (broad SMARTS) is 1. The van der Waals surface area contributed by atoms with E-state index in [-0.39, 0.29) is 47.4 Å². The Balaban J connectivity index is 1.20. The van der Waals surface area contributed by atoms with Crippen molar-refractivity contribution in [3.05, 3.63) is 11.6 Å². The van der Waals surface area contributed by atoms with Crippen molar-refractivity contribution in [2.75, 3.05) is 6.54 Å². The van der Waals surface area contributed by atoms with Crippen molar-refractivity contribution in [3.8, 4) is 0 Å². The first-order valence-corrected chi connectivity index (χ1v) is 13.6. The molecule has 0 aromatic rings. The average molecular weight is 486 g/mol. The van der Waals surface area contributed by atoms with Crippen molar-refractivity contribution in [3.63, 3.8) is 0 Å². The molecule has 0 bridgehead atoms. The summed E-state index contributed by atoms with van der Waals surface area (Å²) in [6.45, 7) is 5.12. The highest BCUT2D eigenvalue weighted by molar-refractivity contribution is 5.91. The maximum absolute atomic E-state index is 12.8. The summed E-state index contributed by atoms with van der Waals surface area (Å²) in [7, 11) is 0. The van der Waals surface area contributed by atoms with E-state index in [2.05, 4.69) is 13.8 Å². The highest BCUT2D eigenvalue weighted by Crippen LogP contribution is 2.65. The zero-order valence-electron chi connectivity index (χ0n) is 21.1. The Bertz CT molecular complexity index is 957. The van der Waals surface area contributed by atoms with Gasteiger partial charge in [0.1, 0.15) is 12.1 Å². The third-order valence-electron chi connectivity index (χ3n) is 10.5. The van der Waals surface area contributed by atoms with Gasteiger partial charge in [-0.15, -0.1) is 0 Å². The van der Waals surface area contributed by atoms with Crippen LogP contribution in [0, 0.1) is 28.6 Å². The lowest BCUT2D eigenvalue weighted by atomic mass is 9.47. The van der Waals surface area contributed by atoms with Crippen molar-refractivity contribution < 1.29 is 29.0 Å². The summed E-state index contributed by atoms with van der Waals surface area (Å²) in [5.74, 6) is 0.431. The Morgan fingerprint density at radius 3 is 2.60 bits per heavy atom. The van der Waals surface area contributed by atoms with E-state index in [1.54, 1.807) is 0 Å². The van der Waals surface area contributed by atoms with Crippen LogP contribution in [0.4, 0.5) is 0 Å². The van der Waals surface area contributed by atoms with Gasteiger partial charge in [-0.3, -0.25) is 14.4 Å². The average Bonchev–Trinajstić information content (AvgIpc) is 3.43. The highest BCUT2D eigenvalue weighted by Gasteiger charge is 2.60. The fourth-order valence-corrected chi connectivity index (χ4v) is 8.60. The molecule has 7 atom stereocenters. The van der Waals surface area contributed by atoms with Crippen LogP contribution in [-0.4, -0.2) is 52.3 Å². The molecule has 7 nitrogen and oxygen atoms in total. The third-order valence-corrected chi connectivity index (χ3v) is 10.5. The third kappa shape index (κ3) is 4.13. The SMILES string of the molecule is C[C@]12CC[C@@H]3[C@H](CCC4=CC(=O)CC[C@@]43C)[C@@H]1CC[C@H]2OC(=O)CCC(=O)N1CCC[C@@H]1C(=O)O. The van der Waals surface area contributed by atoms with Crippen molar-refractivity contribution in [1.82, 2.24) is 4.90 Å². The summed E-state index contributed by atoms with van der Waals surface area (Å²) < 4.78 is 6.01. The molecule has 1 amide bonds. The molecule has 0 radical (unpaired) electrons. The van der Waals surface area contributed by atoms with Crippen LogP contribution in [-0.2, 0) is 23.9 Å². The van der Waals surface area contributed by atoms with E-state index in [4.69, 9.17) is 4.74 Å². The number of ketones is 1. The molecule has 5 aliphatic rings. The number of hydrogen-bond donors (Lipinski definition) is 1. The molecule has 1 heterocycles. The van der Waals surface area contributed by atoms with E-state index in [9.17, 15) is 24.3 Å². The molecule has 192 valence electrons. The second kappa shape index (κ2) is 9.04. The fraction of sp³-hybridized carbons (Fsp3) is 0.786. The lowest BCUT2D eigenvalue weighted by Crippen LogP contribution is -2.51. The Morgan fingerprint density at radius 2 is 1.83 bits per heavy atom. The quantitative estimate of drug-likeness (QED) is 0.583. The largest absolute Gasteiger partial charge is 0.480 e. The van der Waals surface area contributed by atoms with Crippen molar-refractivity contribution in [2.45, 2.75) is 103 Å². The number of aliphatic carboxylic acids is 1. The molecule has 0 aromatic carbocycles. The highest BCUT2D eigenvalue weighted by atomic mass is 16.5. The summed E-state index contributed by atoms with van der Waals surface area (Å²) in [5.41, 5.74) is 1.47. The summed E-state index contributed by atoms with van der Waals surface area (Å²) in [4.78, 5) is 50.1. The van der Waals surface area contributed by atoms with Gasteiger partial charge in [0.05, 0.1) is 6.42 Å². The summed E-state index contributed by atoms with van der Waals surface area (Å²) in [5, 5.41) is 9.31. The maximum atomic E-state index is 12.8. The molecule has 3 saturated carbocycles.